The second-order valence-corrected chi connectivity index (χ2v) is 5.75. The first-order chi connectivity index (χ1) is 9.21. The lowest BCUT2D eigenvalue weighted by Crippen LogP contribution is -2.19. The Hall–Kier alpha value is -2.04. The fourth-order valence-corrected chi connectivity index (χ4v) is 1.70. The molecule has 5 heteroatoms. The summed E-state index contributed by atoms with van der Waals surface area (Å²) in [4.78, 5) is 33.6. The molecule has 0 saturated heterocycles. The molecule has 0 aliphatic heterocycles. The number of non-ortho nitro benzene ring substituents is 1. The molecule has 0 spiro atoms. The van der Waals surface area contributed by atoms with Gasteiger partial charge in [0.05, 0.1) is 4.92 Å². The lowest BCUT2D eigenvalue weighted by Gasteiger charge is -2.15. The highest BCUT2D eigenvalue weighted by atomic mass is 16.6. The quantitative estimate of drug-likeness (QED) is 0.452. The zero-order chi connectivity index (χ0) is 15.3. The molecule has 0 aromatic heterocycles. The molecule has 0 heterocycles. The van der Waals surface area contributed by atoms with Gasteiger partial charge < -0.3 is 0 Å². The van der Waals surface area contributed by atoms with E-state index in [1.165, 1.54) is 24.3 Å². The van der Waals surface area contributed by atoms with Crippen LogP contribution in [-0.4, -0.2) is 16.5 Å². The number of nitro benzene ring substituents is 1. The van der Waals surface area contributed by atoms with Gasteiger partial charge in [-0.25, -0.2) is 0 Å². The molecule has 5 nitrogen and oxygen atoms in total. The van der Waals surface area contributed by atoms with Gasteiger partial charge in [0.25, 0.3) is 5.69 Å². The van der Waals surface area contributed by atoms with Crippen molar-refractivity contribution >= 4 is 17.3 Å². The summed E-state index contributed by atoms with van der Waals surface area (Å²) < 4.78 is 0. The molecule has 20 heavy (non-hydrogen) atoms. The maximum Gasteiger partial charge on any atom is 0.269 e. The zero-order valence-electron chi connectivity index (χ0n) is 12.0. The van der Waals surface area contributed by atoms with E-state index >= 15 is 0 Å². The highest BCUT2D eigenvalue weighted by molar-refractivity contribution is 5.96. The highest BCUT2D eigenvalue weighted by Gasteiger charge is 2.20. The molecule has 0 unspecified atom stereocenters. The van der Waals surface area contributed by atoms with Crippen LogP contribution in [0.4, 0.5) is 5.69 Å². The summed E-state index contributed by atoms with van der Waals surface area (Å²) in [6.45, 7) is 5.56. The largest absolute Gasteiger partial charge is 0.299 e. The van der Waals surface area contributed by atoms with Gasteiger partial charge in [-0.3, -0.25) is 19.7 Å². The first kappa shape index (κ1) is 16.0. The third kappa shape index (κ3) is 4.57. The van der Waals surface area contributed by atoms with Crippen LogP contribution < -0.4 is 0 Å². The first-order valence-corrected chi connectivity index (χ1v) is 6.53. The van der Waals surface area contributed by atoms with E-state index in [-0.39, 0.29) is 29.1 Å². The predicted molar refractivity (Wildman–Crippen MR) is 75.7 cm³/mol. The van der Waals surface area contributed by atoms with Gasteiger partial charge >= 0.3 is 0 Å². The van der Waals surface area contributed by atoms with Crippen molar-refractivity contribution in [1.29, 1.82) is 0 Å². The number of hydrogen-bond donors (Lipinski definition) is 0. The second-order valence-electron chi connectivity index (χ2n) is 5.75. The van der Waals surface area contributed by atoms with Crippen LogP contribution in [0, 0.1) is 15.5 Å². The van der Waals surface area contributed by atoms with Gasteiger partial charge in [-0.2, -0.15) is 0 Å². The lowest BCUT2D eigenvalue weighted by molar-refractivity contribution is -0.384. The van der Waals surface area contributed by atoms with Crippen molar-refractivity contribution in [2.75, 3.05) is 0 Å². The van der Waals surface area contributed by atoms with E-state index < -0.39 is 4.92 Å². The Labute approximate surface area is 118 Å². The number of nitro groups is 1. The average Bonchev–Trinajstić information content (AvgIpc) is 2.37. The van der Waals surface area contributed by atoms with Crippen molar-refractivity contribution in [3.05, 3.63) is 39.9 Å². The number of benzene rings is 1. The van der Waals surface area contributed by atoms with Crippen LogP contribution in [0.25, 0.3) is 0 Å². The topological polar surface area (TPSA) is 77.3 Å². The Kier molecular flexibility index (Phi) is 5.13. The van der Waals surface area contributed by atoms with E-state index in [4.69, 9.17) is 0 Å². The summed E-state index contributed by atoms with van der Waals surface area (Å²) in [5, 5.41) is 10.5. The summed E-state index contributed by atoms with van der Waals surface area (Å²) in [7, 11) is 0. The minimum Gasteiger partial charge on any atom is -0.299 e. The zero-order valence-corrected chi connectivity index (χ0v) is 12.0. The van der Waals surface area contributed by atoms with Crippen LogP contribution in [0.1, 0.15) is 50.4 Å². The molecule has 0 bridgehead atoms. The van der Waals surface area contributed by atoms with Crippen molar-refractivity contribution in [3.63, 3.8) is 0 Å². The van der Waals surface area contributed by atoms with Crippen LogP contribution in [0.15, 0.2) is 24.3 Å². The first-order valence-electron chi connectivity index (χ1n) is 6.53. The van der Waals surface area contributed by atoms with E-state index in [9.17, 15) is 19.7 Å². The molecule has 0 fully saturated rings. The maximum atomic E-state index is 11.9. The number of rotatable bonds is 6. The van der Waals surface area contributed by atoms with Crippen LogP contribution in [-0.2, 0) is 4.79 Å². The second kappa shape index (κ2) is 6.41. The molecular weight excluding hydrogens is 258 g/mol. The van der Waals surface area contributed by atoms with E-state index in [1.807, 2.05) is 20.8 Å². The van der Waals surface area contributed by atoms with Crippen LogP contribution in [0.5, 0.6) is 0 Å². The third-order valence-electron chi connectivity index (χ3n) is 3.04. The van der Waals surface area contributed by atoms with Gasteiger partial charge in [0.15, 0.2) is 5.78 Å². The Morgan fingerprint density at radius 1 is 1.10 bits per heavy atom. The number of nitrogens with zero attached hydrogens (tertiary/aromatic N) is 1. The Bertz CT molecular complexity index is 512. The number of carbonyl (C=O) groups excluding carboxylic acids is 2. The van der Waals surface area contributed by atoms with Crippen molar-refractivity contribution in [3.8, 4) is 0 Å². The van der Waals surface area contributed by atoms with Gasteiger partial charge in [-0.15, -0.1) is 0 Å². The van der Waals surface area contributed by atoms with Gasteiger partial charge in [-0.1, -0.05) is 20.8 Å². The van der Waals surface area contributed by atoms with Gasteiger partial charge in [0.1, 0.15) is 5.78 Å². The summed E-state index contributed by atoms with van der Waals surface area (Å²) >= 11 is 0. The summed E-state index contributed by atoms with van der Waals surface area (Å²) in [6.07, 6.45) is 1.16. The van der Waals surface area contributed by atoms with Crippen LogP contribution >= 0.6 is 0 Å². The van der Waals surface area contributed by atoms with Gasteiger partial charge in [-0.05, 0) is 18.6 Å². The lowest BCUT2D eigenvalue weighted by atomic mass is 9.87. The average molecular weight is 277 g/mol. The molecule has 1 aromatic rings. The van der Waals surface area contributed by atoms with Crippen LogP contribution in [0.3, 0.4) is 0 Å². The van der Waals surface area contributed by atoms with Crippen LogP contribution in [0.2, 0.25) is 0 Å². The Balaban J connectivity index is 2.51. The van der Waals surface area contributed by atoms with E-state index in [0.29, 0.717) is 18.4 Å². The van der Waals surface area contributed by atoms with Crippen molar-refractivity contribution < 1.29 is 14.5 Å². The molecule has 0 saturated carbocycles. The molecule has 0 aliphatic rings. The fourth-order valence-electron chi connectivity index (χ4n) is 1.70. The summed E-state index contributed by atoms with van der Waals surface area (Å²) in [5.41, 5.74) is 0.0272. The Morgan fingerprint density at radius 2 is 1.65 bits per heavy atom. The molecule has 0 amide bonds. The van der Waals surface area contributed by atoms with Gasteiger partial charge in [0.2, 0.25) is 0 Å². The smallest absolute Gasteiger partial charge is 0.269 e. The maximum absolute atomic E-state index is 11.9. The monoisotopic (exact) mass is 277 g/mol. The molecule has 0 aliphatic carbocycles. The fraction of sp³-hybridized carbons (Fsp3) is 0.467. The summed E-state index contributed by atoms with van der Waals surface area (Å²) in [6, 6.07) is 5.53. The number of ketones is 2. The molecule has 1 aromatic carbocycles. The third-order valence-corrected chi connectivity index (χ3v) is 3.04. The molecule has 0 atom stereocenters. The minimum absolute atomic E-state index is 0.0375. The molecule has 0 N–H and O–H groups in total. The van der Waals surface area contributed by atoms with Crippen molar-refractivity contribution in [2.45, 2.75) is 40.0 Å². The molecule has 1 rings (SSSR count). The minimum atomic E-state index is -0.504. The molecule has 108 valence electrons. The predicted octanol–water partition coefficient (Wildman–Crippen LogP) is 3.56. The van der Waals surface area contributed by atoms with Crippen molar-refractivity contribution in [1.82, 2.24) is 0 Å². The Morgan fingerprint density at radius 3 is 2.10 bits per heavy atom. The number of hydrogen-bond acceptors (Lipinski definition) is 4. The summed E-state index contributed by atoms with van der Waals surface area (Å²) in [5.74, 6) is 0.0376. The number of carbonyl (C=O) groups is 2. The normalized spacial score (nSPS) is 11.2. The SMILES string of the molecule is CC(C)(C)C(=O)CCCC(=O)c1ccc([N+](=O)[O-])cc1. The van der Waals surface area contributed by atoms with Crippen molar-refractivity contribution in [2.24, 2.45) is 5.41 Å². The highest BCUT2D eigenvalue weighted by Crippen LogP contribution is 2.19. The van der Waals surface area contributed by atoms with E-state index in [0.717, 1.165) is 0 Å². The number of Topliss-reactive ketones (excluding diaryl/α,β-unsaturated/α-hetero) is 2. The van der Waals surface area contributed by atoms with E-state index in [1.54, 1.807) is 0 Å². The standard InChI is InChI=1S/C15H19NO4/c1-15(2,3)14(18)6-4-5-13(17)11-7-9-12(10-8-11)16(19)20/h7-10H,4-6H2,1-3H3. The molecular formula is C15H19NO4. The van der Waals surface area contributed by atoms with Gasteiger partial charge in [0, 0.05) is 36.0 Å². The van der Waals surface area contributed by atoms with E-state index in [2.05, 4.69) is 0 Å². The molecule has 0 radical (unpaired) electrons.